The molecule has 0 N–H and O–H groups in total. The van der Waals surface area contributed by atoms with Crippen molar-refractivity contribution in [3.63, 3.8) is 0 Å². The largest absolute Gasteiger partial charge is 0.457 e. The first-order valence-corrected chi connectivity index (χ1v) is 13.1. The van der Waals surface area contributed by atoms with Crippen LogP contribution in [0.4, 0.5) is 0 Å². The van der Waals surface area contributed by atoms with Crippen LogP contribution in [-0.4, -0.2) is 0 Å². The van der Waals surface area contributed by atoms with Crippen molar-refractivity contribution in [3.05, 3.63) is 132 Å². The third-order valence-corrected chi connectivity index (χ3v) is 8.94. The van der Waals surface area contributed by atoms with Crippen LogP contribution in [0.15, 0.2) is 126 Å². The summed E-state index contributed by atoms with van der Waals surface area (Å²) in [5.74, 6) is 2.12. The van der Waals surface area contributed by atoms with E-state index in [1.165, 1.54) is 38.2 Å². The fourth-order valence-corrected chi connectivity index (χ4v) is 7.27. The second kappa shape index (κ2) is 9.84. The van der Waals surface area contributed by atoms with E-state index in [-0.39, 0.29) is 0 Å². The molecule has 1 nitrogen and oxygen atoms in total. The molecule has 0 heterocycles. The average Bonchev–Trinajstić information content (AvgIpc) is 3.12. The zero-order valence-corrected chi connectivity index (χ0v) is 20.8. The quantitative estimate of drug-likeness (QED) is 0.269. The molecule has 0 amide bonds. The molecular weight excluding hydrogens is 431 g/mol. The number of benzene rings is 4. The second-order valence-corrected chi connectivity index (χ2v) is 11.0. The summed E-state index contributed by atoms with van der Waals surface area (Å²) < 4.78 is 6.31. The second-order valence-electron chi connectivity index (χ2n) is 8.78. The van der Waals surface area contributed by atoms with E-state index >= 15 is 0 Å². The molecule has 4 aromatic carbocycles. The van der Waals surface area contributed by atoms with Crippen LogP contribution in [0.2, 0.25) is 0 Å². The molecule has 0 saturated heterocycles. The van der Waals surface area contributed by atoms with Crippen molar-refractivity contribution in [2.75, 3.05) is 0 Å². The Bertz CT molecular complexity index is 1300. The summed E-state index contributed by atoms with van der Waals surface area (Å²) >= 11 is 0. The fraction of sp³-hybridized carbons (Fsp3) is 0.125. The van der Waals surface area contributed by atoms with Gasteiger partial charge in [-0.2, -0.15) is 0 Å². The van der Waals surface area contributed by atoms with E-state index < -0.39 is 7.92 Å². The van der Waals surface area contributed by atoms with Crippen molar-refractivity contribution in [3.8, 4) is 11.5 Å². The van der Waals surface area contributed by atoms with Gasteiger partial charge in [0, 0.05) is 5.92 Å². The van der Waals surface area contributed by atoms with Gasteiger partial charge < -0.3 is 4.74 Å². The van der Waals surface area contributed by atoms with E-state index in [0.29, 0.717) is 5.92 Å². The minimum atomic E-state index is -0.763. The molecular formula is C32H29OP. The Kier molecular flexibility index (Phi) is 6.48. The molecule has 0 spiro atoms. The van der Waals surface area contributed by atoms with Crippen LogP contribution in [0.1, 0.15) is 26.3 Å². The van der Waals surface area contributed by atoms with Crippen LogP contribution in [0.5, 0.6) is 11.5 Å². The first-order valence-electron chi connectivity index (χ1n) is 11.8. The van der Waals surface area contributed by atoms with Crippen LogP contribution < -0.4 is 20.7 Å². The number of rotatable bonds is 6. The highest BCUT2D eigenvalue weighted by Gasteiger charge is 2.27. The third-order valence-electron chi connectivity index (χ3n) is 6.46. The van der Waals surface area contributed by atoms with Crippen LogP contribution in [0, 0.1) is 5.92 Å². The molecule has 34 heavy (non-hydrogen) atoms. The maximum Gasteiger partial charge on any atom is 0.128 e. The van der Waals surface area contributed by atoms with Crippen molar-refractivity contribution in [2.24, 2.45) is 5.92 Å². The smallest absolute Gasteiger partial charge is 0.128 e. The molecule has 0 radical (unpaired) electrons. The van der Waals surface area contributed by atoms with Crippen molar-refractivity contribution < 1.29 is 4.74 Å². The van der Waals surface area contributed by atoms with E-state index in [9.17, 15) is 0 Å². The molecule has 0 aromatic heterocycles. The lowest BCUT2D eigenvalue weighted by Crippen LogP contribution is -2.24. The summed E-state index contributed by atoms with van der Waals surface area (Å²) in [4.78, 5) is 0. The summed E-state index contributed by atoms with van der Waals surface area (Å²) in [7, 11) is -0.763. The summed E-state index contributed by atoms with van der Waals surface area (Å²) in [5, 5.41) is 4.02. The topological polar surface area (TPSA) is 9.23 Å². The van der Waals surface area contributed by atoms with E-state index in [1.807, 2.05) is 30.3 Å². The molecule has 1 atom stereocenters. The predicted octanol–water partition coefficient (Wildman–Crippen LogP) is 7.61. The minimum absolute atomic E-state index is 0.392. The van der Waals surface area contributed by atoms with E-state index in [0.717, 1.165) is 11.5 Å². The fourth-order valence-electron chi connectivity index (χ4n) is 4.78. The SMILES string of the molecule is CC1=CC(C)C(c2ccc(Oc3ccccc3)cc2P(c2ccccc2)c2ccccc2)=C1C. The van der Waals surface area contributed by atoms with Gasteiger partial charge in [0.1, 0.15) is 11.5 Å². The van der Waals surface area contributed by atoms with Gasteiger partial charge in [-0.05, 0) is 78.7 Å². The average molecular weight is 461 g/mol. The van der Waals surface area contributed by atoms with Crippen LogP contribution >= 0.6 is 7.92 Å². The molecule has 4 aromatic rings. The molecule has 0 bridgehead atoms. The Morgan fingerprint density at radius 1 is 0.647 bits per heavy atom. The summed E-state index contributed by atoms with van der Waals surface area (Å²) in [6.45, 7) is 6.79. The third kappa shape index (κ3) is 4.49. The lowest BCUT2D eigenvalue weighted by Gasteiger charge is -2.25. The molecule has 1 unspecified atom stereocenters. The molecule has 0 fully saturated rings. The van der Waals surface area contributed by atoms with Gasteiger partial charge in [-0.15, -0.1) is 0 Å². The molecule has 1 aliphatic carbocycles. The van der Waals surface area contributed by atoms with E-state index in [2.05, 4.69) is 106 Å². The Morgan fingerprint density at radius 2 is 1.21 bits per heavy atom. The summed E-state index contributed by atoms with van der Waals surface area (Å²) in [5.41, 5.74) is 5.53. The van der Waals surface area contributed by atoms with Gasteiger partial charge in [0.2, 0.25) is 0 Å². The zero-order chi connectivity index (χ0) is 23.5. The maximum absolute atomic E-state index is 6.31. The van der Waals surface area contributed by atoms with Crippen molar-refractivity contribution >= 4 is 29.4 Å². The Morgan fingerprint density at radius 3 is 1.74 bits per heavy atom. The standard InChI is InChI=1S/C32H29OP/c1-23-21-24(2)32(25(23)3)30-20-19-27(33-26-13-7-4-8-14-26)22-31(30)34(28-15-9-5-10-16-28)29-17-11-6-12-18-29/h4-22,24H,1-3H3. The van der Waals surface area contributed by atoms with Crippen molar-refractivity contribution in [1.82, 2.24) is 0 Å². The highest BCUT2D eigenvalue weighted by atomic mass is 31.1. The van der Waals surface area contributed by atoms with Gasteiger partial charge in [-0.25, -0.2) is 0 Å². The maximum atomic E-state index is 6.31. The number of hydrogen-bond acceptors (Lipinski definition) is 1. The van der Waals surface area contributed by atoms with Crippen LogP contribution in [-0.2, 0) is 0 Å². The Labute approximate surface area is 204 Å². The summed E-state index contributed by atoms with van der Waals surface area (Å²) in [6.07, 6.45) is 2.39. The van der Waals surface area contributed by atoms with Gasteiger partial charge in [0.25, 0.3) is 0 Å². The highest BCUT2D eigenvalue weighted by molar-refractivity contribution is 7.80. The number of ether oxygens (including phenoxy) is 1. The first-order chi connectivity index (χ1) is 16.6. The zero-order valence-electron chi connectivity index (χ0n) is 19.9. The minimum Gasteiger partial charge on any atom is -0.457 e. The van der Waals surface area contributed by atoms with E-state index in [1.54, 1.807) is 0 Å². The monoisotopic (exact) mass is 460 g/mol. The number of para-hydroxylation sites is 1. The van der Waals surface area contributed by atoms with E-state index in [4.69, 9.17) is 4.74 Å². The van der Waals surface area contributed by atoms with Gasteiger partial charge >= 0.3 is 0 Å². The molecule has 2 heteroatoms. The van der Waals surface area contributed by atoms with Crippen molar-refractivity contribution in [2.45, 2.75) is 20.8 Å². The van der Waals surface area contributed by atoms with Gasteiger partial charge in [0.15, 0.2) is 0 Å². The molecule has 0 aliphatic heterocycles. The van der Waals surface area contributed by atoms with Gasteiger partial charge in [-0.3, -0.25) is 0 Å². The first kappa shape index (κ1) is 22.4. The molecule has 0 saturated carbocycles. The van der Waals surface area contributed by atoms with Gasteiger partial charge in [-0.1, -0.05) is 104 Å². The molecule has 168 valence electrons. The van der Waals surface area contributed by atoms with Crippen molar-refractivity contribution in [1.29, 1.82) is 0 Å². The Hall–Kier alpha value is -3.41. The van der Waals surface area contributed by atoms with Crippen LogP contribution in [0.3, 0.4) is 0 Å². The highest BCUT2D eigenvalue weighted by Crippen LogP contribution is 2.43. The van der Waals surface area contributed by atoms with Crippen LogP contribution in [0.25, 0.3) is 5.57 Å². The number of allylic oxidation sites excluding steroid dienone is 4. The lowest BCUT2D eigenvalue weighted by atomic mass is 9.94. The summed E-state index contributed by atoms with van der Waals surface area (Å²) in [6, 6.07) is 38.5. The predicted molar refractivity (Wildman–Crippen MR) is 147 cm³/mol. The Balaban J connectivity index is 1.72. The molecule has 5 rings (SSSR count). The lowest BCUT2D eigenvalue weighted by molar-refractivity contribution is 0.483. The normalized spacial score (nSPS) is 15.5. The number of hydrogen-bond donors (Lipinski definition) is 0. The molecule has 1 aliphatic rings. The van der Waals surface area contributed by atoms with Gasteiger partial charge in [0.05, 0.1) is 0 Å².